The van der Waals surface area contributed by atoms with Crippen LogP contribution in [0.1, 0.15) is 45.1 Å². The van der Waals surface area contributed by atoms with Crippen LogP contribution in [0.15, 0.2) is 65.9 Å². The summed E-state index contributed by atoms with van der Waals surface area (Å²) in [7, 11) is -3.31. The van der Waals surface area contributed by atoms with Gasteiger partial charge in [0.2, 0.25) is 10.0 Å². The number of pyridine rings is 1. The van der Waals surface area contributed by atoms with Crippen molar-refractivity contribution in [2.75, 3.05) is 32.4 Å². The van der Waals surface area contributed by atoms with Gasteiger partial charge in [-0.2, -0.15) is 4.31 Å². The lowest BCUT2D eigenvalue weighted by molar-refractivity contribution is 0.0698. The molecule has 0 aliphatic carbocycles. The molecule has 2 heterocycles. The maximum atomic E-state index is 14.9. The molecule has 0 spiro atoms. The maximum Gasteiger partial charge on any atom is 0.253 e. The Balaban J connectivity index is 1.60. The van der Waals surface area contributed by atoms with Crippen LogP contribution in [0.3, 0.4) is 0 Å². The van der Waals surface area contributed by atoms with Crippen molar-refractivity contribution >= 4 is 21.6 Å². The number of carbonyl (C=O) groups is 1. The molecule has 4 rings (SSSR count). The van der Waals surface area contributed by atoms with Gasteiger partial charge in [-0.25, -0.2) is 17.2 Å². The Morgan fingerprint density at radius 1 is 1.03 bits per heavy atom. The second-order valence-electron chi connectivity index (χ2n) is 9.23. The van der Waals surface area contributed by atoms with E-state index in [1.165, 1.54) is 16.4 Å². The summed E-state index contributed by atoms with van der Waals surface area (Å²) in [6.45, 7) is 2.81. The van der Waals surface area contributed by atoms with Crippen molar-refractivity contribution in [3.63, 3.8) is 0 Å². The molecule has 2 aromatic carbocycles. The van der Waals surface area contributed by atoms with Crippen molar-refractivity contribution in [2.45, 2.75) is 19.3 Å². The zero-order valence-electron chi connectivity index (χ0n) is 21.0. The Kier molecular flexibility index (Phi) is 8.17. The van der Waals surface area contributed by atoms with Crippen LogP contribution in [0.4, 0.5) is 8.78 Å². The SMILES string of the molecule is Cc1cc(C(CC(c2ccc(C(=O)N3CCN(S(C)(=O)=O)CC3)cc2)c2ccc(F)cc2F)=NO)ccn1. The molecule has 0 bridgehead atoms. The third kappa shape index (κ3) is 6.22. The highest BCUT2D eigenvalue weighted by Crippen LogP contribution is 2.32. The second-order valence-corrected chi connectivity index (χ2v) is 11.2. The average Bonchev–Trinajstić information content (AvgIpc) is 2.89. The van der Waals surface area contributed by atoms with E-state index in [0.29, 0.717) is 28.1 Å². The lowest BCUT2D eigenvalue weighted by Gasteiger charge is -2.33. The van der Waals surface area contributed by atoms with Crippen LogP contribution in [0.5, 0.6) is 0 Å². The molecule has 1 amide bonds. The highest BCUT2D eigenvalue weighted by molar-refractivity contribution is 7.88. The zero-order chi connectivity index (χ0) is 27.4. The molecule has 38 heavy (non-hydrogen) atoms. The summed E-state index contributed by atoms with van der Waals surface area (Å²) in [5.74, 6) is -2.32. The van der Waals surface area contributed by atoms with Crippen LogP contribution < -0.4 is 0 Å². The van der Waals surface area contributed by atoms with E-state index in [0.717, 1.165) is 12.3 Å². The average molecular weight is 543 g/mol. The van der Waals surface area contributed by atoms with Crippen LogP contribution in [0.25, 0.3) is 0 Å². The molecule has 8 nitrogen and oxygen atoms in total. The topological polar surface area (TPSA) is 103 Å². The number of aryl methyl sites for hydroxylation is 1. The van der Waals surface area contributed by atoms with E-state index >= 15 is 0 Å². The molecule has 11 heteroatoms. The first-order valence-electron chi connectivity index (χ1n) is 12.0. The van der Waals surface area contributed by atoms with Gasteiger partial charge >= 0.3 is 0 Å². The normalized spacial score (nSPS) is 15.9. The molecule has 1 unspecified atom stereocenters. The monoisotopic (exact) mass is 542 g/mol. The molecular formula is C27H28F2N4O4S. The molecule has 1 saturated heterocycles. The van der Waals surface area contributed by atoms with Gasteiger partial charge in [-0.15, -0.1) is 0 Å². The Morgan fingerprint density at radius 2 is 1.71 bits per heavy atom. The van der Waals surface area contributed by atoms with Gasteiger partial charge < -0.3 is 10.1 Å². The number of oxime groups is 1. The number of nitrogens with zero attached hydrogens (tertiary/aromatic N) is 4. The number of sulfonamides is 1. The van der Waals surface area contributed by atoms with Gasteiger partial charge in [0.05, 0.1) is 12.0 Å². The zero-order valence-corrected chi connectivity index (χ0v) is 21.8. The largest absolute Gasteiger partial charge is 0.411 e. The van der Waals surface area contributed by atoms with Gasteiger partial charge in [0.1, 0.15) is 11.6 Å². The minimum atomic E-state index is -3.31. The number of aromatic nitrogens is 1. The highest BCUT2D eigenvalue weighted by Gasteiger charge is 2.27. The molecular weight excluding hydrogens is 514 g/mol. The maximum absolute atomic E-state index is 14.9. The quantitative estimate of drug-likeness (QED) is 0.278. The van der Waals surface area contributed by atoms with Crippen LogP contribution >= 0.6 is 0 Å². The van der Waals surface area contributed by atoms with Gasteiger partial charge in [0, 0.05) is 67.6 Å². The number of hydrogen-bond acceptors (Lipinski definition) is 6. The highest BCUT2D eigenvalue weighted by atomic mass is 32.2. The van der Waals surface area contributed by atoms with Gasteiger partial charge in [0.25, 0.3) is 5.91 Å². The lowest BCUT2D eigenvalue weighted by Crippen LogP contribution is -2.50. The standard InChI is InChI=1S/C27H28F2N4O4S/c1-18-15-21(9-10-30-18)26(31-35)17-24(23-8-7-22(28)16-25(23)29)19-3-5-20(6-4-19)27(34)32-11-13-33(14-12-32)38(2,36)37/h3-10,15-16,24,35H,11-14,17H2,1-2H3. The first-order valence-corrected chi connectivity index (χ1v) is 13.8. The Bertz CT molecular complexity index is 1450. The van der Waals surface area contributed by atoms with E-state index in [2.05, 4.69) is 10.1 Å². The Labute approximate surface area is 220 Å². The van der Waals surface area contributed by atoms with Gasteiger partial charge in [0.15, 0.2) is 0 Å². The third-order valence-electron chi connectivity index (χ3n) is 6.64. The predicted octanol–water partition coefficient (Wildman–Crippen LogP) is 3.79. The van der Waals surface area contributed by atoms with Crippen molar-refractivity contribution in [3.05, 3.63) is 100 Å². The molecule has 0 saturated carbocycles. The third-order valence-corrected chi connectivity index (χ3v) is 7.94. The molecule has 1 aliphatic heterocycles. The molecule has 1 atom stereocenters. The summed E-state index contributed by atoms with van der Waals surface area (Å²) < 4.78 is 53.4. The minimum absolute atomic E-state index is 0.100. The Morgan fingerprint density at radius 3 is 2.29 bits per heavy atom. The number of halogens is 2. The molecule has 0 radical (unpaired) electrons. The smallest absolute Gasteiger partial charge is 0.253 e. The summed E-state index contributed by atoms with van der Waals surface area (Å²) in [5.41, 5.74) is 2.89. The van der Waals surface area contributed by atoms with Crippen LogP contribution in [-0.4, -0.2) is 71.9 Å². The summed E-state index contributed by atoms with van der Waals surface area (Å²) >= 11 is 0. The fourth-order valence-corrected chi connectivity index (χ4v) is 5.42. The fraction of sp³-hybridized carbons (Fsp3) is 0.296. The summed E-state index contributed by atoms with van der Waals surface area (Å²) in [5, 5.41) is 13.2. The van der Waals surface area contributed by atoms with Gasteiger partial charge in [-0.05, 0) is 48.4 Å². The van der Waals surface area contributed by atoms with Crippen LogP contribution in [-0.2, 0) is 10.0 Å². The number of benzene rings is 2. The van der Waals surface area contributed by atoms with Crippen molar-refractivity contribution < 1.29 is 27.2 Å². The lowest BCUT2D eigenvalue weighted by atomic mass is 9.84. The number of rotatable bonds is 7. The van der Waals surface area contributed by atoms with E-state index in [4.69, 9.17) is 0 Å². The van der Waals surface area contributed by atoms with Crippen molar-refractivity contribution in [1.29, 1.82) is 0 Å². The Hall–Kier alpha value is -3.70. The van der Waals surface area contributed by atoms with Crippen molar-refractivity contribution in [1.82, 2.24) is 14.2 Å². The first kappa shape index (κ1) is 27.3. The molecule has 1 fully saturated rings. The number of hydrogen-bond donors (Lipinski definition) is 1. The predicted molar refractivity (Wildman–Crippen MR) is 139 cm³/mol. The first-order chi connectivity index (χ1) is 18.1. The van der Waals surface area contributed by atoms with Crippen LogP contribution in [0, 0.1) is 18.6 Å². The van der Waals surface area contributed by atoms with E-state index in [1.807, 2.05) is 0 Å². The van der Waals surface area contributed by atoms with Crippen LogP contribution in [0.2, 0.25) is 0 Å². The van der Waals surface area contributed by atoms with Gasteiger partial charge in [-0.3, -0.25) is 9.78 Å². The molecule has 200 valence electrons. The van der Waals surface area contributed by atoms with E-state index in [1.54, 1.807) is 54.4 Å². The van der Waals surface area contributed by atoms with E-state index in [9.17, 15) is 27.2 Å². The van der Waals surface area contributed by atoms with Crippen molar-refractivity contribution in [3.8, 4) is 0 Å². The number of carbonyl (C=O) groups excluding carboxylic acids is 1. The number of piperazine rings is 1. The number of amides is 1. The van der Waals surface area contributed by atoms with E-state index < -0.39 is 27.6 Å². The minimum Gasteiger partial charge on any atom is -0.411 e. The summed E-state index contributed by atoms with van der Waals surface area (Å²) in [6, 6.07) is 13.4. The van der Waals surface area contributed by atoms with E-state index in [-0.39, 0.29) is 44.1 Å². The molecule has 1 aromatic heterocycles. The van der Waals surface area contributed by atoms with Gasteiger partial charge in [-0.1, -0.05) is 23.4 Å². The fourth-order valence-electron chi connectivity index (χ4n) is 4.59. The second kappa shape index (κ2) is 11.4. The summed E-state index contributed by atoms with van der Waals surface area (Å²) in [4.78, 5) is 18.8. The summed E-state index contributed by atoms with van der Waals surface area (Å²) in [6.07, 6.45) is 2.83. The molecule has 1 N–H and O–H groups in total. The molecule has 1 aliphatic rings. The molecule has 3 aromatic rings. The van der Waals surface area contributed by atoms with Crippen molar-refractivity contribution in [2.24, 2.45) is 5.16 Å².